The standard InChI is InChI=1S/C14H9Cl2NO2/c15-12-6-5-11(14(16)9-12)4-1-10-2-7-13(8-3-10)17(18)19/h1-9H. The third kappa shape index (κ3) is 3.56. The first-order valence-electron chi connectivity index (χ1n) is 5.44. The highest BCUT2D eigenvalue weighted by Crippen LogP contribution is 2.23. The lowest BCUT2D eigenvalue weighted by Gasteiger charge is -1.99. The highest BCUT2D eigenvalue weighted by molar-refractivity contribution is 6.35. The predicted octanol–water partition coefficient (Wildman–Crippen LogP) is 5.07. The summed E-state index contributed by atoms with van der Waals surface area (Å²) in [5, 5.41) is 11.7. The molecule has 0 radical (unpaired) electrons. The van der Waals surface area contributed by atoms with Crippen molar-refractivity contribution in [2.24, 2.45) is 0 Å². The molecule has 0 aliphatic carbocycles. The van der Waals surface area contributed by atoms with E-state index in [-0.39, 0.29) is 5.69 Å². The van der Waals surface area contributed by atoms with Crippen LogP contribution in [-0.2, 0) is 0 Å². The second kappa shape index (κ2) is 5.87. The summed E-state index contributed by atoms with van der Waals surface area (Å²) in [7, 11) is 0. The SMILES string of the molecule is O=[N+]([O-])c1ccc(C=Cc2ccc(Cl)cc2Cl)cc1. The number of nitro groups is 1. The zero-order valence-electron chi connectivity index (χ0n) is 9.72. The van der Waals surface area contributed by atoms with E-state index >= 15 is 0 Å². The second-order valence-electron chi connectivity index (χ2n) is 3.85. The van der Waals surface area contributed by atoms with Crippen molar-refractivity contribution in [3.8, 4) is 0 Å². The first-order chi connectivity index (χ1) is 9.06. The Balaban J connectivity index is 2.20. The summed E-state index contributed by atoms with van der Waals surface area (Å²) >= 11 is 11.8. The van der Waals surface area contributed by atoms with E-state index in [9.17, 15) is 10.1 Å². The molecule has 0 saturated heterocycles. The van der Waals surface area contributed by atoms with Gasteiger partial charge in [0.05, 0.1) is 4.92 Å². The van der Waals surface area contributed by atoms with Crippen molar-refractivity contribution in [3.05, 3.63) is 73.8 Å². The molecular formula is C14H9Cl2NO2. The smallest absolute Gasteiger partial charge is 0.258 e. The lowest BCUT2D eigenvalue weighted by atomic mass is 10.1. The third-order valence-corrected chi connectivity index (χ3v) is 3.08. The molecule has 5 heteroatoms. The fourth-order valence-corrected chi connectivity index (χ4v) is 2.00. The minimum Gasteiger partial charge on any atom is -0.258 e. The van der Waals surface area contributed by atoms with Crippen molar-refractivity contribution in [1.29, 1.82) is 0 Å². The number of halogens is 2. The molecule has 0 amide bonds. The van der Waals surface area contributed by atoms with E-state index in [1.165, 1.54) is 12.1 Å². The van der Waals surface area contributed by atoms with Gasteiger partial charge >= 0.3 is 0 Å². The number of rotatable bonds is 3. The average Bonchev–Trinajstić information content (AvgIpc) is 2.38. The van der Waals surface area contributed by atoms with E-state index in [4.69, 9.17) is 23.2 Å². The van der Waals surface area contributed by atoms with Crippen LogP contribution in [0, 0.1) is 10.1 Å². The van der Waals surface area contributed by atoms with Gasteiger partial charge in [-0.3, -0.25) is 10.1 Å². The van der Waals surface area contributed by atoms with E-state index in [0.717, 1.165) is 11.1 Å². The van der Waals surface area contributed by atoms with Crippen molar-refractivity contribution < 1.29 is 4.92 Å². The van der Waals surface area contributed by atoms with Crippen molar-refractivity contribution in [3.63, 3.8) is 0 Å². The van der Waals surface area contributed by atoms with Gasteiger partial charge in [0.1, 0.15) is 0 Å². The maximum atomic E-state index is 10.5. The van der Waals surface area contributed by atoms with Crippen molar-refractivity contribution >= 4 is 41.0 Å². The molecule has 0 atom stereocenters. The predicted molar refractivity (Wildman–Crippen MR) is 78.5 cm³/mol. The van der Waals surface area contributed by atoms with Gasteiger partial charge in [-0.25, -0.2) is 0 Å². The summed E-state index contributed by atoms with van der Waals surface area (Å²) < 4.78 is 0. The Morgan fingerprint density at radius 3 is 2.26 bits per heavy atom. The lowest BCUT2D eigenvalue weighted by molar-refractivity contribution is -0.384. The van der Waals surface area contributed by atoms with Crippen molar-refractivity contribution in [2.75, 3.05) is 0 Å². The molecule has 0 fully saturated rings. The number of hydrogen-bond acceptors (Lipinski definition) is 2. The van der Waals surface area contributed by atoms with Crippen LogP contribution in [0.15, 0.2) is 42.5 Å². The van der Waals surface area contributed by atoms with Gasteiger partial charge in [-0.15, -0.1) is 0 Å². The Morgan fingerprint density at radius 2 is 1.68 bits per heavy atom. The van der Waals surface area contributed by atoms with E-state index < -0.39 is 4.92 Å². The van der Waals surface area contributed by atoms with Gasteiger partial charge < -0.3 is 0 Å². The molecule has 2 aromatic rings. The van der Waals surface area contributed by atoms with E-state index in [0.29, 0.717) is 10.0 Å². The van der Waals surface area contributed by atoms with E-state index in [1.807, 2.05) is 18.2 Å². The van der Waals surface area contributed by atoms with Crippen molar-refractivity contribution in [1.82, 2.24) is 0 Å². The summed E-state index contributed by atoms with van der Waals surface area (Å²) in [6.07, 6.45) is 3.67. The molecule has 19 heavy (non-hydrogen) atoms. The Morgan fingerprint density at radius 1 is 1.00 bits per heavy atom. The van der Waals surface area contributed by atoms with E-state index in [2.05, 4.69) is 0 Å². The highest BCUT2D eigenvalue weighted by Gasteiger charge is 2.02. The molecule has 0 saturated carbocycles. The highest BCUT2D eigenvalue weighted by atomic mass is 35.5. The molecule has 0 aromatic heterocycles. The molecule has 0 heterocycles. The van der Waals surface area contributed by atoms with Crippen LogP contribution in [0.2, 0.25) is 10.0 Å². The molecule has 0 aliphatic heterocycles. The molecule has 2 rings (SSSR count). The Hall–Kier alpha value is -1.84. The van der Waals surface area contributed by atoms with Gasteiger partial charge in [0.25, 0.3) is 5.69 Å². The minimum absolute atomic E-state index is 0.0710. The zero-order valence-corrected chi connectivity index (χ0v) is 11.2. The fourth-order valence-electron chi connectivity index (χ4n) is 1.53. The van der Waals surface area contributed by atoms with Crippen LogP contribution in [-0.4, -0.2) is 4.92 Å². The Bertz CT molecular complexity index is 636. The van der Waals surface area contributed by atoms with Gasteiger partial charge in [-0.2, -0.15) is 0 Å². The molecule has 0 bridgehead atoms. The molecule has 96 valence electrons. The van der Waals surface area contributed by atoms with E-state index in [1.54, 1.807) is 24.3 Å². The maximum absolute atomic E-state index is 10.5. The first kappa shape index (κ1) is 13.6. The summed E-state index contributed by atoms with van der Waals surface area (Å²) in [4.78, 5) is 10.1. The fraction of sp³-hybridized carbons (Fsp3) is 0. The van der Waals surface area contributed by atoms with Crippen LogP contribution < -0.4 is 0 Å². The summed E-state index contributed by atoms with van der Waals surface area (Å²) in [6.45, 7) is 0. The number of benzene rings is 2. The summed E-state index contributed by atoms with van der Waals surface area (Å²) in [5.41, 5.74) is 1.77. The second-order valence-corrected chi connectivity index (χ2v) is 4.69. The lowest BCUT2D eigenvalue weighted by Crippen LogP contribution is -1.86. The van der Waals surface area contributed by atoms with Crippen LogP contribution >= 0.6 is 23.2 Å². The normalized spacial score (nSPS) is 10.8. The molecule has 2 aromatic carbocycles. The molecule has 0 aliphatic rings. The Labute approximate surface area is 120 Å². The zero-order chi connectivity index (χ0) is 13.8. The van der Waals surface area contributed by atoms with Crippen LogP contribution in [0.4, 0.5) is 5.69 Å². The van der Waals surface area contributed by atoms with Gasteiger partial charge in [0, 0.05) is 22.2 Å². The van der Waals surface area contributed by atoms with Crippen LogP contribution in [0.5, 0.6) is 0 Å². The number of nitro benzene ring substituents is 1. The third-order valence-electron chi connectivity index (χ3n) is 2.52. The topological polar surface area (TPSA) is 43.1 Å². The molecule has 0 unspecified atom stereocenters. The van der Waals surface area contributed by atoms with Crippen LogP contribution in [0.25, 0.3) is 12.2 Å². The van der Waals surface area contributed by atoms with Crippen LogP contribution in [0.3, 0.4) is 0 Å². The monoisotopic (exact) mass is 293 g/mol. The first-order valence-corrected chi connectivity index (χ1v) is 6.19. The number of hydrogen-bond donors (Lipinski definition) is 0. The summed E-state index contributed by atoms with van der Waals surface area (Å²) in [6, 6.07) is 11.5. The van der Waals surface area contributed by atoms with Crippen LogP contribution in [0.1, 0.15) is 11.1 Å². The molecule has 0 spiro atoms. The maximum Gasteiger partial charge on any atom is 0.269 e. The molecule has 0 N–H and O–H groups in total. The molecule has 3 nitrogen and oxygen atoms in total. The minimum atomic E-state index is -0.427. The van der Waals surface area contributed by atoms with Crippen molar-refractivity contribution in [2.45, 2.75) is 0 Å². The van der Waals surface area contributed by atoms with Gasteiger partial charge in [-0.05, 0) is 35.4 Å². The number of non-ortho nitro benzene ring substituents is 1. The molecular weight excluding hydrogens is 285 g/mol. The quantitative estimate of drug-likeness (QED) is 0.450. The Kier molecular flexibility index (Phi) is 4.20. The largest absolute Gasteiger partial charge is 0.269 e. The average molecular weight is 294 g/mol. The van der Waals surface area contributed by atoms with Gasteiger partial charge in [-0.1, -0.05) is 41.4 Å². The van der Waals surface area contributed by atoms with Gasteiger partial charge in [0.2, 0.25) is 0 Å². The number of nitrogens with zero attached hydrogens (tertiary/aromatic N) is 1. The van der Waals surface area contributed by atoms with Gasteiger partial charge in [0.15, 0.2) is 0 Å². The summed E-state index contributed by atoms with van der Waals surface area (Å²) in [5.74, 6) is 0.